The zero-order valence-electron chi connectivity index (χ0n) is 10.8. The van der Waals surface area contributed by atoms with Crippen LogP contribution in [-0.2, 0) is 11.2 Å². The third kappa shape index (κ3) is 4.09. The van der Waals surface area contributed by atoms with Gasteiger partial charge < -0.3 is 15.4 Å². The molecule has 1 aliphatic heterocycles. The molecule has 0 radical (unpaired) electrons. The number of amides is 1. The van der Waals surface area contributed by atoms with Crippen molar-refractivity contribution in [1.82, 2.24) is 4.90 Å². The maximum atomic E-state index is 12.1. The molecule has 6 heteroatoms. The molecule has 4 nitrogen and oxygen atoms in total. The summed E-state index contributed by atoms with van der Waals surface area (Å²) in [5, 5.41) is 0. The molecular formula is C13H18BrClN2O2. The van der Waals surface area contributed by atoms with E-state index in [-0.39, 0.29) is 24.4 Å². The lowest BCUT2D eigenvalue weighted by molar-refractivity contribution is -0.129. The SMILES string of the molecule is COc1cc(Br)ccc1CC(=O)N1CC[C@@H](N)C1.Cl. The second-order valence-corrected chi connectivity index (χ2v) is 5.44. The van der Waals surface area contributed by atoms with Gasteiger partial charge >= 0.3 is 0 Å². The van der Waals surface area contributed by atoms with Crippen molar-refractivity contribution in [2.75, 3.05) is 20.2 Å². The average Bonchev–Trinajstić information content (AvgIpc) is 2.78. The molecule has 0 unspecified atom stereocenters. The fraction of sp³-hybridized carbons (Fsp3) is 0.462. The Labute approximate surface area is 127 Å². The zero-order valence-corrected chi connectivity index (χ0v) is 13.2. The van der Waals surface area contributed by atoms with E-state index in [9.17, 15) is 4.79 Å². The van der Waals surface area contributed by atoms with Gasteiger partial charge in [0.05, 0.1) is 13.5 Å². The van der Waals surface area contributed by atoms with Gasteiger partial charge in [-0.05, 0) is 18.6 Å². The number of nitrogens with zero attached hydrogens (tertiary/aromatic N) is 1. The molecule has 1 heterocycles. The fourth-order valence-electron chi connectivity index (χ4n) is 2.15. The average molecular weight is 350 g/mol. The van der Waals surface area contributed by atoms with Crippen LogP contribution in [0.15, 0.2) is 22.7 Å². The highest BCUT2D eigenvalue weighted by atomic mass is 79.9. The van der Waals surface area contributed by atoms with Crippen LogP contribution in [0.3, 0.4) is 0 Å². The van der Waals surface area contributed by atoms with Gasteiger partial charge in [0, 0.05) is 29.2 Å². The van der Waals surface area contributed by atoms with Crippen LogP contribution < -0.4 is 10.5 Å². The van der Waals surface area contributed by atoms with E-state index in [1.807, 2.05) is 23.1 Å². The summed E-state index contributed by atoms with van der Waals surface area (Å²) < 4.78 is 6.23. The highest BCUT2D eigenvalue weighted by Crippen LogP contribution is 2.24. The molecule has 1 amide bonds. The van der Waals surface area contributed by atoms with E-state index < -0.39 is 0 Å². The Hall–Kier alpha value is -0.780. The molecule has 1 aromatic rings. The minimum atomic E-state index is 0. The van der Waals surface area contributed by atoms with Crippen molar-refractivity contribution >= 4 is 34.2 Å². The maximum Gasteiger partial charge on any atom is 0.227 e. The molecule has 106 valence electrons. The quantitative estimate of drug-likeness (QED) is 0.908. The number of methoxy groups -OCH3 is 1. The van der Waals surface area contributed by atoms with E-state index in [1.165, 1.54) is 0 Å². The van der Waals surface area contributed by atoms with E-state index in [0.29, 0.717) is 13.0 Å². The Balaban J connectivity index is 0.00000180. The standard InChI is InChI=1S/C13H17BrN2O2.ClH/c1-18-12-7-10(14)3-2-9(12)6-13(17)16-5-4-11(15)8-16;/h2-3,7,11H,4-6,8,15H2,1H3;1H/t11-;/m1./s1. The molecule has 0 saturated carbocycles. The summed E-state index contributed by atoms with van der Waals surface area (Å²) in [6.07, 6.45) is 1.26. The summed E-state index contributed by atoms with van der Waals surface area (Å²) in [5.41, 5.74) is 6.72. The zero-order chi connectivity index (χ0) is 13.1. The summed E-state index contributed by atoms with van der Waals surface area (Å²) in [5.74, 6) is 0.852. The monoisotopic (exact) mass is 348 g/mol. The van der Waals surface area contributed by atoms with E-state index >= 15 is 0 Å². The lowest BCUT2D eigenvalue weighted by atomic mass is 10.1. The van der Waals surface area contributed by atoms with Crippen LogP contribution in [0.2, 0.25) is 0 Å². The van der Waals surface area contributed by atoms with Crippen LogP contribution in [0.1, 0.15) is 12.0 Å². The Bertz CT molecular complexity index is 456. The second-order valence-electron chi connectivity index (χ2n) is 4.52. The van der Waals surface area contributed by atoms with E-state index in [4.69, 9.17) is 10.5 Å². The third-order valence-electron chi connectivity index (χ3n) is 3.17. The first-order chi connectivity index (χ1) is 8.60. The molecule has 2 N–H and O–H groups in total. The highest BCUT2D eigenvalue weighted by molar-refractivity contribution is 9.10. The number of benzene rings is 1. The second kappa shape index (κ2) is 7.12. The number of carbonyl (C=O) groups is 1. The largest absolute Gasteiger partial charge is 0.496 e. The van der Waals surface area contributed by atoms with Crippen LogP contribution in [0.4, 0.5) is 0 Å². The van der Waals surface area contributed by atoms with Crippen molar-refractivity contribution in [2.45, 2.75) is 18.9 Å². The molecule has 0 bridgehead atoms. The number of hydrogen-bond acceptors (Lipinski definition) is 3. The van der Waals surface area contributed by atoms with Crippen molar-refractivity contribution in [3.63, 3.8) is 0 Å². The molecule has 1 fully saturated rings. The van der Waals surface area contributed by atoms with Crippen LogP contribution in [0.25, 0.3) is 0 Å². The highest BCUT2D eigenvalue weighted by Gasteiger charge is 2.24. The van der Waals surface area contributed by atoms with Gasteiger partial charge in [-0.3, -0.25) is 4.79 Å². The molecule has 0 spiro atoms. The third-order valence-corrected chi connectivity index (χ3v) is 3.66. The summed E-state index contributed by atoms with van der Waals surface area (Å²) in [6, 6.07) is 5.83. The number of carbonyl (C=O) groups excluding carboxylic acids is 1. The van der Waals surface area contributed by atoms with Gasteiger partial charge in [-0.15, -0.1) is 12.4 Å². The first-order valence-corrected chi connectivity index (χ1v) is 6.75. The predicted molar refractivity (Wildman–Crippen MR) is 80.8 cm³/mol. The van der Waals surface area contributed by atoms with Gasteiger partial charge in [-0.2, -0.15) is 0 Å². The first kappa shape index (κ1) is 16.3. The Morgan fingerprint density at radius 2 is 2.32 bits per heavy atom. The molecule has 1 atom stereocenters. The van der Waals surface area contributed by atoms with Crippen LogP contribution in [-0.4, -0.2) is 37.0 Å². The smallest absolute Gasteiger partial charge is 0.227 e. The van der Waals surface area contributed by atoms with Gasteiger partial charge in [-0.25, -0.2) is 0 Å². The lowest BCUT2D eigenvalue weighted by Crippen LogP contribution is -2.33. The van der Waals surface area contributed by atoms with E-state index in [2.05, 4.69) is 15.9 Å². The van der Waals surface area contributed by atoms with Crippen molar-refractivity contribution in [2.24, 2.45) is 5.73 Å². The van der Waals surface area contributed by atoms with Crippen LogP contribution >= 0.6 is 28.3 Å². The summed E-state index contributed by atoms with van der Waals surface area (Å²) >= 11 is 3.39. The van der Waals surface area contributed by atoms with Crippen molar-refractivity contribution in [3.8, 4) is 5.75 Å². The summed E-state index contributed by atoms with van der Waals surface area (Å²) in [6.45, 7) is 1.43. The Morgan fingerprint density at radius 1 is 1.58 bits per heavy atom. The molecular weight excluding hydrogens is 332 g/mol. The van der Waals surface area contributed by atoms with Crippen molar-refractivity contribution < 1.29 is 9.53 Å². The topological polar surface area (TPSA) is 55.6 Å². The number of rotatable bonds is 3. The predicted octanol–water partition coefficient (Wildman–Crippen LogP) is 1.98. The molecule has 2 rings (SSSR count). The molecule has 0 aromatic heterocycles. The van der Waals surface area contributed by atoms with Gasteiger partial charge in [-0.1, -0.05) is 22.0 Å². The summed E-state index contributed by atoms with van der Waals surface area (Å²) in [4.78, 5) is 13.9. The molecule has 1 saturated heterocycles. The normalized spacial score (nSPS) is 18.1. The van der Waals surface area contributed by atoms with Crippen LogP contribution in [0.5, 0.6) is 5.75 Å². The number of nitrogens with two attached hydrogens (primary N) is 1. The fourth-order valence-corrected chi connectivity index (χ4v) is 2.49. The number of halogens is 2. The minimum Gasteiger partial charge on any atom is -0.496 e. The van der Waals surface area contributed by atoms with E-state index in [1.54, 1.807) is 7.11 Å². The molecule has 1 aliphatic rings. The maximum absolute atomic E-state index is 12.1. The molecule has 0 aliphatic carbocycles. The first-order valence-electron chi connectivity index (χ1n) is 5.96. The molecule has 19 heavy (non-hydrogen) atoms. The van der Waals surface area contributed by atoms with Gasteiger partial charge in [0.15, 0.2) is 0 Å². The van der Waals surface area contributed by atoms with Crippen LogP contribution in [0, 0.1) is 0 Å². The Kier molecular flexibility index (Phi) is 6.10. The Morgan fingerprint density at radius 3 is 2.89 bits per heavy atom. The van der Waals surface area contributed by atoms with Crippen molar-refractivity contribution in [3.05, 3.63) is 28.2 Å². The number of ether oxygens (including phenoxy) is 1. The van der Waals surface area contributed by atoms with E-state index in [0.717, 1.165) is 28.8 Å². The number of likely N-dealkylation sites (tertiary alicyclic amines) is 1. The van der Waals surface area contributed by atoms with Gasteiger partial charge in [0.1, 0.15) is 5.75 Å². The minimum absolute atomic E-state index is 0. The van der Waals surface area contributed by atoms with Crippen molar-refractivity contribution in [1.29, 1.82) is 0 Å². The van der Waals surface area contributed by atoms with Gasteiger partial charge in [0.2, 0.25) is 5.91 Å². The van der Waals surface area contributed by atoms with Gasteiger partial charge in [0.25, 0.3) is 0 Å². The summed E-state index contributed by atoms with van der Waals surface area (Å²) in [7, 11) is 1.61. The molecule has 1 aromatic carbocycles. The number of hydrogen-bond donors (Lipinski definition) is 1. The lowest BCUT2D eigenvalue weighted by Gasteiger charge is -2.16.